The summed E-state index contributed by atoms with van der Waals surface area (Å²) in [5, 5.41) is 4.06. The molecule has 2 aliphatic rings. The summed E-state index contributed by atoms with van der Waals surface area (Å²) in [6.45, 7) is 1.13. The van der Waals surface area contributed by atoms with Gasteiger partial charge in [0.25, 0.3) is 5.56 Å². The largest absolute Gasteiger partial charge is 0.309 e. The van der Waals surface area contributed by atoms with Gasteiger partial charge in [0.1, 0.15) is 11.5 Å². The summed E-state index contributed by atoms with van der Waals surface area (Å²) in [5.74, 6) is 1.15. The van der Waals surface area contributed by atoms with Crippen LogP contribution in [0.3, 0.4) is 0 Å². The zero-order valence-electron chi connectivity index (χ0n) is 17.4. The van der Waals surface area contributed by atoms with Crippen LogP contribution in [0.2, 0.25) is 0 Å². The predicted octanol–water partition coefficient (Wildman–Crippen LogP) is 5.00. The molecular formula is C22H26BrClN6O. The molecule has 0 bridgehead atoms. The highest BCUT2D eigenvalue weighted by Crippen LogP contribution is 2.32. The van der Waals surface area contributed by atoms with Crippen LogP contribution in [-0.2, 0) is 0 Å². The molecule has 31 heavy (non-hydrogen) atoms. The number of fused-ring (bicyclic) bond motifs is 1. The van der Waals surface area contributed by atoms with E-state index in [9.17, 15) is 4.79 Å². The van der Waals surface area contributed by atoms with E-state index < -0.39 is 0 Å². The second-order valence-electron chi connectivity index (χ2n) is 8.32. The van der Waals surface area contributed by atoms with Gasteiger partial charge in [0.05, 0.1) is 4.47 Å². The molecule has 1 atom stereocenters. The lowest BCUT2D eigenvalue weighted by Crippen LogP contribution is -2.25. The number of nitrogens with one attached hydrogen (secondary N) is 1. The lowest BCUT2D eigenvalue weighted by molar-refractivity contribution is 0.317. The number of likely N-dealkylation sites (tertiary alicyclic amines) is 1. The Morgan fingerprint density at radius 2 is 1.90 bits per heavy atom. The van der Waals surface area contributed by atoms with Crippen molar-refractivity contribution >= 4 is 51.1 Å². The van der Waals surface area contributed by atoms with Gasteiger partial charge in [-0.25, -0.2) is 9.97 Å². The van der Waals surface area contributed by atoms with Gasteiger partial charge in [-0.05, 0) is 72.9 Å². The van der Waals surface area contributed by atoms with E-state index in [0.717, 1.165) is 37.6 Å². The number of rotatable bonds is 4. The Morgan fingerprint density at radius 1 is 1.10 bits per heavy atom. The standard InChI is InChI=1S/C22H25BrN6O.ClH/c1-28-10-4-7-18(28)14-8-9-19(24-12-14)26-22-25-13-15-11-17(23)21(30)29(20(15)27-22)16-5-2-3-6-16;/h8-9,11-13,16,18H,2-7,10H2,1H3,(H,24,25,26,27);1H/t18-;/m0./s1. The Labute approximate surface area is 195 Å². The van der Waals surface area contributed by atoms with Crippen LogP contribution < -0.4 is 10.9 Å². The molecule has 1 saturated heterocycles. The molecule has 1 saturated carbocycles. The molecule has 0 amide bonds. The average Bonchev–Trinajstić information content (AvgIpc) is 3.42. The van der Waals surface area contributed by atoms with Crippen LogP contribution in [0.15, 0.2) is 39.9 Å². The van der Waals surface area contributed by atoms with Gasteiger partial charge < -0.3 is 5.32 Å². The summed E-state index contributed by atoms with van der Waals surface area (Å²) >= 11 is 3.41. The van der Waals surface area contributed by atoms with Crippen LogP contribution >= 0.6 is 28.3 Å². The van der Waals surface area contributed by atoms with Crippen LogP contribution in [0.25, 0.3) is 11.0 Å². The Hall–Kier alpha value is -2.03. The minimum atomic E-state index is -0.0257. The van der Waals surface area contributed by atoms with Gasteiger partial charge in [-0.2, -0.15) is 4.98 Å². The van der Waals surface area contributed by atoms with Crippen LogP contribution in [0.1, 0.15) is 56.2 Å². The van der Waals surface area contributed by atoms with Gasteiger partial charge in [-0.3, -0.25) is 14.3 Å². The highest BCUT2D eigenvalue weighted by atomic mass is 79.9. The van der Waals surface area contributed by atoms with E-state index in [4.69, 9.17) is 4.98 Å². The van der Waals surface area contributed by atoms with Crippen LogP contribution in [0, 0.1) is 0 Å². The molecule has 0 unspecified atom stereocenters. The molecule has 2 fully saturated rings. The number of nitrogens with zero attached hydrogens (tertiary/aromatic N) is 5. The third kappa shape index (κ3) is 4.33. The topological polar surface area (TPSA) is 75.9 Å². The summed E-state index contributed by atoms with van der Waals surface area (Å²) in [4.78, 5) is 28.9. The zero-order valence-corrected chi connectivity index (χ0v) is 19.8. The van der Waals surface area contributed by atoms with Gasteiger partial charge >= 0.3 is 0 Å². The minimum absolute atomic E-state index is 0. The van der Waals surface area contributed by atoms with Crippen molar-refractivity contribution in [3.8, 4) is 0 Å². The summed E-state index contributed by atoms with van der Waals surface area (Å²) in [7, 11) is 2.16. The van der Waals surface area contributed by atoms with Crippen molar-refractivity contribution in [2.45, 2.75) is 50.6 Å². The SMILES string of the molecule is CN1CCC[C@H]1c1ccc(Nc2ncc3cc(Br)c(=O)n(C4CCCC4)c3n2)nc1.Cl. The Morgan fingerprint density at radius 3 is 2.58 bits per heavy atom. The van der Waals surface area contributed by atoms with Crippen molar-refractivity contribution in [2.24, 2.45) is 0 Å². The molecule has 3 aromatic rings. The summed E-state index contributed by atoms with van der Waals surface area (Å²) < 4.78 is 2.39. The normalized spacial score (nSPS) is 19.6. The second-order valence-corrected chi connectivity index (χ2v) is 9.17. The lowest BCUT2D eigenvalue weighted by Gasteiger charge is -2.19. The summed E-state index contributed by atoms with van der Waals surface area (Å²) in [6.07, 6.45) is 10.4. The van der Waals surface area contributed by atoms with Gasteiger partial charge in [0.2, 0.25) is 5.95 Å². The molecule has 1 aliphatic carbocycles. The third-order valence-corrected chi connectivity index (χ3v) is 6.92. The molecule has 0 radical (unpaired) electrons. The number of pyridine rings is 2. The van der Waals surface area contributed by atoms with E-state index in [1.807, 2.05) is 16.8 Å². The Balaban J connectivity index is 0.00000231. The van der Waals surface area contributed by atoms with E-state index in [1.165, 1.54) is 18.4 Å². The highest BCUT2D eigenvalue weighted by Gasteiger charge is 2.23. The van der Waals surface area contributed by atoms with E-state index in [-0.39, 0.29) is 24.0 Å². The Kier molecular flexibility index (Phi) is 6.60. The van der Waals surface area contributed by atoms with E-state index in [0.29, 0.717) is 27.9 Å². The molecular weight excluding hydrogens is 480 g/mol. The molecule has 5 rings (SSSR count). The Bertz CT molecular complexity index is 1130. The van der Waals surface area contributed by atoms with E-state index in [2.05, 4.69) is 49.2 Å². The molecule has 1 N–H and O–H groups in total. The van der Waals surface area contributed by atoms with Crippen LogP contribution in [0.4, 0.5) is 11.8 Å². The third-order valence-electron chi connectivity index (χ3n) is 6.35. The van der Waals surface area contributed by atoms with E-state index >= 15 is 0 Å². The molecule has 3 aromatic heterocycles. The molecule has 4 heterocycles. The minimum Gasteiger partial charge on any atom is -0.309 e. The van der Waals surface area contributed by atoms with Crippen molar-refractivity contribution in [1.29, 1.82) is 0 Å². The summed E-state index contributed by atoms with van der Waals surface area (Å²) in [6, 6.07) is 6.54. The van der Waals surface area contributed by atoms with Crippen molar-refractivity contribution in [3.63, 3.8) is 0 Å². The smallest absolute Gasteiger partial charge is 0.266 e. The van der Waals surface area contributed by atoms with Crippen molar-refractivity contribution < 1.29 is 0 Å². The lowest BCUT2D eigenvalue weighted by atomic mass is 10.1. The highest BCUT2D eigenvalue weighted by molar-refractivity contribution is 9.10. The quantitative estimate of drug-likeness (QED) is 0.538. The van der Waals surface area contributed by atoms with Crippen LogP contribution in [0.5, 0.6) is 0 Å². The monoisotopic (exact) mass is 504 g/mol. The predicted molar refractivity (Wildman–Crippen MR) is 128 cm³/mol. The zero-order chi connectivity index (χ0) is 20.7. The molecule has 9 heteroatoms. The number of hydrogen-bond donors (Lipinski definition) is 1. The first-order chi connectivity index (χ1) is 14.6. The average molecular weight is 506 g/mol. The number of hydrogen-bond acceptors (Lipinski definition) is 6. The molecule has 164 valence electrons. The van der Waals surface area contributed by atoms with Gasteiger partial charge in [-0.1, -0.05) is 18.9 Å². The van der Waals surface area contributed by atoms with Gasteiger partial charge in [0.15, 0.2) is 0 Å². The molecule has 0 aromatic carbocycles. The molecule has 1 aliphatic heterocycles. The first kappa shape index (κ1) is 22.2. The first-order valence-corrected chi connectivity index (χ1v) is 11.4. The molecule has 7 nitrogen and oxygen atoms in total. The maximum Gasteiger partial charge on any atom is 0.266 e. The number of anilines is 2. The van der Waals surface area contributed by atoms with Crippen molar-refractivity contribution in [1.82, 2.24) is 24.4 Å². The van der Waals surface area contributed by atoms with Crippen LogP contribution in [-0.4, -0.2) is 38.0 Å². The number of aromatic nitrogens is 4. The second kappa shape index (κ2) is 9.22. The van der Waals surface area contributed by atoms with Gasteiger partial charge in [-0.15, -0.1) is 12.4 Å². The van der Waals surface area contributed by atoms with Crippen molar-refractivity contribution in [3.05, 3.63) is 51.0 Å². The number of halogens is 2. The fourth-order valence-electron chi connectivity index (χ4n) is 4.77. The van der Waals surface area contributed by atoms with E-state index in [1.54, 1.807) is 12.3 Å². The fraction of sp³-hybridized carbons (Fsp3) is 0.455. The van der Waals surface area contributed by atoms with Crippen molar-refractivity contribution in [2.75, 3.05) is 18.9 Å². The first-order valence-electron chi connectivity index (χ1n) is 10.6. The summed E-state index contributed by atoms with van der Waals surface area (Å²) in [5.41, 5.74) is 1.89. The maximum atomic E-state index is 12.8. The fourth-order valence-corrected chi connectivity index (χ4v) is 5.21. The van der Waals surface area contributed by atoms with Gasteiger partial charge in [0, 0.05) is 29.9 Å². The maximum absolute atomic E-state index is 12.8. The molecule has 0 spiro atoms.